The van der Waals surface area contributed by atoms with Gasteiger partial charge in [-0.2, -0.15) is 0 Å². The Bertz CT molecular complexity index is 200. The molecule has 0 amide bonds. The van der Waals surface area contributed by atoms with Gasteiger partial charge in [0.1, 0.15) is 0 Å². The number of hydrogen-bond acceptors (Lipinski definition) is 3. The first-order valence-corrected chi connectivity index (χ1v) is 5.93. The van der Waals surface area contributed by atoms with Crippen molar-refractivity contribution in [2.75, 3.05) is 20.7 Å². The zero-order valence-electron chi connectivity index (χ0n) is 10.2. The Morgan fingerprint density at radius 3 is 2.53 bits per heavy atom. The van der Waals surface area contributed by atoms with Gasteiger partial charge in [-0.1, -0.05) is 26.2 Å². The van der Waals surface area contributed by atoms with E-state index >= 15 is 0 Å². The van der Waals surface area contributed by atoms with E-state index in [4.69, 9.17) is 4.74 Å². The van der Waals surface area contributed by atoms with Crippen LogP contribution in [0.3, 0.4) is 0 Å². The van der Waals surface area contributed by atoms with Gasteiger partial charge in [-0.15, -0.1) is 0 Å². The predicted molar refractivity (Wildman–Crippen MR) is 60.7 cm³/mol. The van der Waals surface area contributed by atoms with E-state index in [1.807, 2.05) is 6.92 Å². The molecule has 1 unspecified atom stereocenters. The summed E-state index contributed by atoms with van der Waals surface area (Å²) in [7, 11) is 3.58. The van der Waals surface area contributed by atoms with Crippen LogP contribution in [0.25, 0.3) is 0 Å². The van der Waals surface area contributed by atoms with Crippen LogP contribution < -0.4 is 0 Å². The van der Waals surface area contributed by atoms with Gasteiger partial charge in [0.05, 0.1) is 13.0 Å². The topological polar surface area (TPSA) is 29.5 Å². The van der Waals surface area contributed by atoms with Crippen LogP contribution in [0.5, 0.6) is 0 Å². The number of methoxy groups -OCH3 is 1. The molecular formula is C12H23NO2. The monoisotopic (exact) mass is 213 g/mol. The Hall–Kier alpha value is -0.570. The number of rotatable bonds is 4. The smallest absolute Gasteiger partial charge is 0.309 e. The summed E-state index contributed by atoms with van der Waals surface area (Å²) in [5.41, 5.74) is 0. The Morgan fingerprint density at radius 2 is 2.00 bits per heavy atom. The molecule has 0 radical (unpaired) electrons. The lowest BCUT2D eigenvalue weighted by Gasteiger charge is -2.32. The predicted octanol–water partition coefficient (Wildman–Crippen LogP) is 2.06. The van der Waals surface area contributed by atoms with Crippen LogP contribution in [-0.2, 0) is 9.53 Å². The van der Waals surface area contributed by atoms with Crippen molar-refractivity contribution in [3.05, 3.63) is 0 Å². The van der Waals surface area contributed by atoms with Crippen LogP contribution in [0.2, 0.25) is 0 Å². The largest absolute Gasteiger partial charge is 0.469 e. The van der Waals surface area contributed by atoms with Gasteiger partial charge in [0.15, 0.2) is 0 Å². The molecule has 88 valence electrons. The highest BCUT2D eigenvalue weighted by molar-refractivity contribution is 5.72. The average Bonchev–Trinajstić information content (AvgIpc) is 2.29. The van der Waals surface area contributed by atoms with Crippen molar-refractivity contribution in [2.45, 2.75) is 45.1 Å². The number of carbonyl (C=O) groups excluding carboxylic acids is 1. The molecule has 0 aromatic rings. The fourth-order valence-electron chi connectivity index (χ4n) is 2.38. The third-order valence-corrected chi connectivity index (χ3v) is 3.36. The maximum Gasteiger partial charge on any atom is 0.309 e. The summed E-state index contributed by atoms with van der Waals surface area (Å²) in [6.07, 6.45) is 6.61. The van der Waals surface area contributed by atoms with Crippen molar-refractivity contribution in [1.82, 2.24) is 4.90 Å². The van der Waals surface area contributed by atoms with Crippen molar-refractivity contribution >= 4 is 5.97 Å². The van der Waals surface area contributed by atoms with Gasteiger partial charge in [-0.05, 0) is 19.9 Å². The second kappa shape index (κ2) is 6.11. The zero-order chi connectivity index (χ0) is 11.3. The van der Waals surface area contributed by atoms with Crippen LogP contribution >= 0.6 is 0 Å². The highest BCUT2D eigenvalue weighted by Crippen LogP contribution is 2.22. The van der Waals surface area contributed by atoms with E-state index in [2.05, 4.69) is 11.9 Å². The molecule has 15 heavy (non-hydrogen) atoms. The molecule has 0 aromatic heterocycles. The molecule has 0 spiro atoms. The van der Waals surface area contributed by atoms with Crippen molar-refractivity contribution in [3.8, 4) is 0 Å². The number of esters is 1. The Morgan fingerprint density at radius 1 is 1.40 bits per heavy atom. The third-order valence-electron chi connectivity index (χ3n) is 3.36. The van der Waals surface area contributed by atoms with Crippen molar-refractivity contribution < 1.29 is 9.53 Å². The van der Waals surface area contributed by atoms with E-state index < -0.39 is 0 Å². The number of carbonyl (C=O) groups is 1. The van der Waals surface area contributed by atoms with Gasteiger partial charge >= 0.3 is 5.97 Å². The van der Waals surface area contributed by atoms with E-state index in [1.54, 1.807) is 0 Å². The third kappa shape index (κ3) is 3.82. The number of hydrogen-bond donors (Lipinski definition) is 0. The first-order valence-electron chi connectivity index (χ1n) is 5.93. The summed E-state index contributed by atoms with van der Waals surface area (Å²) in [6.45, 7) is 2.75. The van der Waals surface area contributed by atoms with Crippen LogP contribution in [-0.4, -0.2) is 37.6 Å². The molecule has 1 atom stereocenters. The summed E-state index contributed by atoms with van der Waals surface area (Å²) in [6, 6.07) is 0.672. The molecule has 3 heteroatoms. The van der Waals surface area contributed by atoms with Crippen LogP contribution in [0, 0.1) is 5.92 Å². The van der Waals surface area contributed by atoms with E-state index in [0.717, 1.165) is 6.54 Å². The highest BCUT2D eigenvalue weighted by atomic mass is 16.5. The van der Waals surface area contributed by atoms with Crippen molar-refractivity contribution in [2.24, 2.45) is 5.92 Å². The van der Waals surface area contributed by atoms with Gasteiger partial charge in [-0.25, -0.2) is 0 Å². The molecule has 0 heterocycles. The lowest BCUT2D eigenvalue weighted by Crippen LogP contribution is -2.38. The Kier molecular flexibility index (Phi) is 5.09. The van der Waals surface area contributed by atoms with E-state index in [1.165, 1.54) is 39.2 Å². The standard InChI is InChI=1S/C12H23NO2/c1-10(12(14)15-3)9-13(2)11-7-5-4-6-8-11/h10-11H,4-9H2,1-3H3. The molecule has 1 rings (SSSR count). The second-order valence-electron chi connectivity index (χ2n) is 4.66. The molecule has 0 aromatic carbocycles. The SMILES string of the molecule is COC(=O)C(C)CN(C)C1CCCCC1. The normalized spacial score (nSPS) is 20.3. The molecular weight excluding hydrogens is 190 g/mol. The van der Waals surface area contributed by atoms with E-state index in [0.29, 0.717) is 6.04 Å². The molecule has 3 nitrogen and oxygen atoms in total. The van der Waals surface area contributed by atoms with Crippen LogP contribution in [0.15, 0.2) is 0 Å². The minimum Gasteiger partial charge on any atom is -0.469 e. The lowest BCUT2D eigenvalue weighted by atomic mass is 9.94. The molecule has 0 aliphatic heterocycles. The molecule has 0 bridgehead atoms. The maximum absolute atomic E-state index is 11.3. The Labute approximate surface area is 92.8 Å². The zero-order valence-corrected chi connectivity index (χ0v) is 10.2. The van der Waals surface area contributed by atoms with E-state index in [-0.39, 0.29) is 11.9 Å². The molecule has 1 aliphatic carbocycles. The summed E-state index contributed by atoms with van der Waals surface area (Å²) < 4.78 is 4.73. The quantitative estimate of drug-likeness (QED) is 0.669. The Balaban J connectivity index is 2.33. The minimum absolute atomic E-state index is 0.0121. The summed E-state index contributed by atoms with van der Waals surface area (Å²) in [5.74, 6) is -0.111. The summed E-state index contributed by atoms with van der Waals surface area (Å²) in [5, 5.41) is 0. The molecule has 1 fully saturated rings. The van der Waals surface area contributed by atoms with Crippen molar-refractivity contribution in [1.29, 1.82) is 0 Å². The first-order chi connectivity index (χ1) is 7.15. The van der Waals surface area contributed by atoms with Gasteiger partial charge < -0.3 is 9.64 Å². The highest BCUT2D eigenvalue weighted by Gasteiger charge is 2.22. The van der Waals surface area contributed by atoms with Crippen LogP contribution in [0.1, 0.15) is 39.0 Å². The second-order valence-corrected chi connectivity index (χ2v) is 4.66. The minimum atomic E-state index is -0.0994. The van der Waals surface area contributed by atoms with Gasteiger partial charge in [0.25, 0.3) is 0 Å². The molecule has 0 saturated heterocycles. The summed E-state index contributed by atoms with van der Waals surface area (Å²) >= 11 is 0. The number of ether oxygens (including phenoxy) is 1. The van der Waals surface area contributed by atoms with Gasteiger partial charge in [-0.3, -0.25) is 4.79 Å². The average molecular weight is 213 g/mol. The fourth-order valence-corrected chi connectivity index (χ4v) is 2.38. The van der Waals surface area contributed by atoms with Gasteiger partial charge in [0, 0.05) is 12.6 Å². The first kappa shape index (κ1) is 12.5. The van der Waals surface area contributed by atoms with Crippen molar-refractivity contribution in [3.63, 3.8) is 0 Å². The summed E-state index contributed by atoms with van der Waals surface area (Å²) in [4.78, 5) is 13.6. The maximum atomic E-state index is 11.3. The van der Waals surface area contributed by atoms with Gasteiger partial charge in [0.2, 0.25) is 0 Å². The van der Waals surface area contributed by atoms with E-state index in [9.17, 15) is 4.79 Å². The fraction of sp³-hybridized carbons (Fsp3) is 0.917. The molecule has 0 N–H and O–H groups in total. The van der Waals surface area contributed by atoms with Crippen LogP contribution in [0.4, 0.5) is 0 Å². The lowest BCUT2D eigenvalue weighted by molar-refractivity contribution is -0.145. The molecule has 1 saturated carbocycles. The molecule has 1 aliphatic rings. The number of nitrogens with zero attached hydrogens (tertiary/aromatic N) is 1.